The lowest BCUT2D eigenvalue weighted by Gasteiger charge is -2.39. The summed E-state index contributed by atoms with van der Waals surface area (Å²) >= 11 is 0. The quantitative estimate of drug-likeness (QED) is 0.886. The lowest BCUT2D eigenvalue weighted by Crippen LogP contribution is -2.50. The second-order valence-electron chi connectivity index (χ2n) is 6.68. The molecule has 1 amide bonds. The Morgan fingerprint density at radius 3 is 3.08 bits per heavy atom. The molecule has 132 valence electrons. The molecule has 7 heteroatoms. The second kappa shape index (κ2) is 7.33. The summed E-state index contributed by atoms with van der Waals surface area (Å²) in [7, 11) is 0. The fourth-order valence-electron chi connectivity index (χ4n) is 3.92. The molecule has 2 aromatic heterocycles. The van der Waals surface area contributed by atoms with Crippen LogP contribution in [0.25, 0.3) is 0 Å². The Morgan fingerprint density at radius 1 is 1.32 bits per heavy atom. The largest absolute Gasteiger partial charge is 0.472 e. The molecule has 0 aromatic carbocycles. The number of morpholine rings is 1. The molecule has 1 N–H and O–H groups in total. The molecule has 3 atom stereocenters. The zero-order chi connectivity index (χ0) is 17.1. The molecule has 4 rings (SSSR count). The molecule has 1 aliphatic carbocycles. The highest BCUT2D eigenvalue weighted by molar-refractivity contribution is 5.93. The van der Waals surface area contributed by atoms with Gasteiger partial charge in [-0.05, 0) is 25.0 Å². The first-order valence-electron chi connectivity index (χ1n) is 8.73. The summed E-state index contributed by atoms with van der Waals surface area (Å²) in [5.74, 6) is 0.236. The molecule has 2 fully saturated rings. The van der Waals surface area contributed by atoms with Crippen LogP contribution in [-0.2, 0) is 11.3 Å². The fraction of sp³-hybridized carbons (Fsp3) is 0.500. The van der Waals surface area contributed by atoms with Crippen LogP contribution >= 0.6 is 0 Å². The summed E-state index contributed by atoms with van der Waals surface area (Å²) in [6, 6.07) is 4.09. The van der Waals surface area contributed by atoms with E-state index in [2.05, 4.69) is 20.4 Å². The minimum Gasteiger partial charge on any atom is -0.472 e. The minimum atomic E-state index is -0.107. The van der Waals surface area contributed by atoms with Gasteiger partial charge in [-0.15, -0.1) is 0 Å². The van der Waals surface area contributed by atoms with Crippen LogP contribution in [-0.4, -0.2) is 52.8 Å². The lowest BCUT2D eigenvalue weighted by atomic mass is 10.0. The summed E-state index contributed by atoms with van der Waals surface area (Å²) in [5, 5.41) is 10.5. The zero-order valence-electron chi connectivity index (χ0n) is 14.0. The van der Waals surface area contributed by atoms with Gasteiger partial charge in [-0.1, -0.05) is 0 Å². The SMILES string of the molecule is O=C(NC[C@@H]1CC[C@@H]2[C@H]1OCCN2Cc1ccoc1)c1ccnnc1. The number of rotatable bonds is 5. The number of amides is 1. The molecule has 0 bridgehead atoms. The predicted molar refractivity (Wildman–Crippen MR) is 89.7 cm³/mol. The van der Waals surface area contributed by atoms with Crippen LogP contribution in [0.2, 0.25) is 0 Å². The average Bonchev–Trinajstić information content (AvgIpc) is 3.31. The maximum atomic E-state index is 12.2. The molecule has 2 aliphatic rings. The summed E-state index contributed by atoms with van der Waals surface area (Å²) in [5.41, 5.74) is 1.73. The van der Waals surface area contributed by atoms with Gasteiger partial charge in [0.2, 0.25) is 0 Å². The van der Waals surface area contributed by atoms with E-state index in [1.165, 1.54) is 18.0 Å². The number of fused-ring (bicyclic) bond motifs is 1. The highest BCUT2D eigenvalue weighted by Gasteiger charge is 2.42. The maximum absolute atomic E-state index is 12.2. The Labute approximate surface area is 146 Å². The second-order valence-corrected chi connectivity index (χ2v) is 6.68. The molecule has 1 aliphatic heterocycles. The molecule has 1 saturated heterocycles. The van der Waals surface area contributed by atoms with Crippen LogP contribution in [0.5, 0.6) is 0 Å². The van der Waals surface area contributed by atoms with E-state index in [9.17, 15) is 4.79 Å². The van der Waals surface area contributed by atoms with Crippen molar-refractivity contribution < 1.29 is 13.9 Å². The summed E-state index contributed by atoms with van der Waals surface area (Å²) < 4.78 is 11.2. The number of hydrogen-bond donors (Lipinski definition) is 1. The number of nitrogens with one attached hydrogen (secondary N) is 1. The van der Waals surface area contributed by atoms with Crippen molar-refractivity contribution in [1.29, 1.82) is 0 Å². The van der Waals surface area contributed by atoms with Crippen LogP contribution in [0.15, 0.2) is 41.5 Å². The third-order valence-corrected chi connectivity index (χ3v) is 5.17. The van der Waals surface area contributed by atoms with E-state index in [0.717, 1.165) is 32.5 Å². The number of hydrogen-bond acceptors (Lipinski definition) is 6. The van der Waals surface area contributed by atoms with Crippen molar-refractivity contribution in [2.24, 2.45) is 5.92 Å². The van der Waals surface area contributed by atoms with Gasteiger partial charge in [-0.3, -0.25) is 9.69 Å². The molecule has 0 radical (unpaired) electrons. The molecule has 25 heavy (non-hydrogen) atoms. The van der Waals surface area contributed by atoms with Gasteiger partial charge >= 0.3 is 0 Å². The number of furan rings is 1. The van der Waals surface area contributed by atoms with Gasteiger partial charge < -0.3 is 14.5 Å². The monoisotopic (exact) mass is 342 g/mol. The van der Waals surface area contributed by atoms with Gasteiger partial charge in [-0.25, -0.2) is 0 Å². The molecule has 7 nitrogen and oxygen atoms in total. The van der Waals surface area contributed by atoms with E-state index in [1.807, 2.05) is 6.07 Å². The Kier molecular flexibility index (Phi) is 4.76. The predicted octanol–water partition coefficient (Wildman–Crippen LogP) is 1.48. The van der Waals surface area contributed by atoms with E-state index in [-0.39, 0.29) is 12.0 Å². The van der Waals surface area contributed by atoms with Gasteiger partial charge in [0.1, 0.15) is 0 Å². The number of carbonyl (C=O) groups excluding carboxylic acids is 1. The molecular weight excluding hydrogens is 320 g/mol. The van der Waals surface area contributed by atoms with E-state index >= 15 is 0 Å². The van der Waals surface area contributed by atoms with E-state index < -0.39 is 0 Å². The summed E-state index contributed by atoms with van der Waals surface area (Å²) in [6.07, 6.45) is 8.87. The van der Waals surface area contributed by atoms with Gasteiger partial charge in [0, 0.05) is 37.2 Å². The maximum Gasteiger partial charge on any atom is 0.252 e. The number of carbonyl (C=O) groups is 1. The van der Waals surface area contributed by atoms with Crippen molar-refractivity contribution in [3.63, 3.8) is 0 Å². The van der Waals surface area contributed by atoms with Crippen molar-refractivity contribution in [2.45, 2.75) is 31.5 Å². The minimum absolute atomic E-state index is 0.107. The third-order valence-electron chi connectivity index (χ3n) is 5.17. The van der Waals surface area contributed by atoms with Crippen LogP contribution in [0.1, 0.15) is 28.8 Å². The van der Waals surface area contributed by atoms with Crippen molar-refractivity contribution in [2.75, 3.05) is 19.7 Å². The van der Waals surface area contributed by atoms with Crippen molar-refractivity contribution in [1.82, 2.24) is 20.4 Å². The zero-order valence-corrected chi connectivity index (χ0v) is 14.0. The number of nitrogens with zero attached hydrogens (tertiary/aromatic N) is 3. The Balaban J connectivity index is 1.34. The van der Waals surface area contributed by atoms with E-state index in [1.54, 1.807) is 18.6 Å². The molecule has 2 aromatic rings. The lowest BCUT2D eigenvalue weighted by molar-refractivity contribution is -0.0757. The highest BCUT2D eigenvalue weighted by Crippen LogP contribution is 2.35. The number of ether oxygens (including phenoxy) is 1. The van der Waals surface area contributed by atoms with E-state index in [4.69, 9.17) is 9.15 Å². The van der Waals surface area contributed by atoms with Crippen LogP contribution < -0.4 is 5.32 Å². The number of aromatic nitrogens is 2. The standard InChI is InChI=1S/C18H22N4O3/c23-18(15-3-5-20-21-10-15)19-9-14-1-2-16-17(14)25-8-6-22(16)11-13-4-7-24-12-13/h3-5,7,10,12,14,16-17H,1-2,6,8-9,11H2,(H,19,23)/t14-,16+,17-/m0/s1. The molecule has 0 unspecified atom stereocenters. The van der Waals surface area contributed by atoms with E-state index in [0.29, 0.717) is 24.1 Å². The van der Waals surface area contributed by atoms with Gasteiger partial charge in [0.25, 0.3) is 5.91 Å². The van der Waals surface area contributed by atoms with Crippen molar-refractivity contribution in [3.8, 4) is 0 Å². The average molecular weight is 342 g/mol. The smallest absolute Gasteiger partial charge is 0.252 e. The van der Waals surface area contributed by atoms with Crippen molar-refractivity contribution >= 4 is 5.91 Å². The van der Waals surface area contributed by atoms with Crippen LogP contribution in [0.3, 0.4) is 0 Å². The Morgan fingerprint density at radius 2 is 2.28 bits per heavy atom. The fourth-order valence-corrected chi connectivity index (χ4v) is 3.92. The molecule has 1 saturated carbocycles. The normalized spacial score (nSPS) is 26.3. The Hall–Kier alpha value is -2.25. The van der Waals surface area contributed by atoms with Crippen LogP contribution in [0, 0.1) is 5.92 Å². The van der Waals surface area contributed by atoms with Crippen LogP contribution in [0.4, 0.5) is 0 Å². The first kappa shape index (κ1) is 16.2. The third kappa shape index (κ3) is 3.57. The molecule has 0 spiro atoms. The molecular formula is C18H22N4O3. The summed E-state index contributed by atoms with van der Waals surface area (Å²) in [4.78, 5) is 14.7. The highest BCUT2D eigenvalue weighted by atomic mass is 16.5. The molecule has 3 heterocycles. The first-order valence-corrected chi connectivity index (χ1v) is 8.73. The van der Waals surface area contributed by atoms with Gasteiger partial charge in [0.05, 0.1) is 43.2 Å². The van der Waals surface area contributed by atoms with Gasteiger partial charge in [-0.2, -0.15) is 10.2 Å². The van der Waals surface area contributed by atoms with Gasteiger partial charge in [0.15, 0.2) is 0 Å². The van der Waals surface area contributed by atoms with Crippen molar-refractivity contribution in [3.05, 3.63) is 48.2 Å². The Bertz CT molecular complexity index is 692. The summed E-state index contributed by atoms with van der Waals surface area (Å²) in [6.45, 7) is 3.19. The topological polar surface area (TPSA) is 80.5 Å². The first-order chi connectivity index (χ1) is 12.3.